The minimum atomic E-state index is -3.96. The van der Waals surface area contributed by atoms with Crippen LogP contribution in [-0.4, -0.2) is 49.7 Å². The SMILES string of the molecule is CCc1ccc(N2C(=O)CN(S(=O)(=O)c3ccc(C)cc3)C[C@]2(C)C(=O)NCCC(C)C)cc1. The number of sulfonamides is 1. The first kappa shape index (κ1) is 25.9. The summed E-state index contributed by atoms with van der Waals surface area (Å²) < 4.78 is 27.9. The third kappa shape index (κ3) is 5.33. The van der Waals surface area contributed by atoms with E-state index in [1.165, 1.54) is 17.0 Å². The van der Waals surface area contributed by atoms with Gasteiger partial charge in [-0.15, -0.1) is 0 Å². The van der Waals surface area contributed by atoms with Crippen molar-refractivity contribution in [2.24, 2.45) is 5.92 Å². The van der Waals surface area contributed by atoms with Gasteiger partial charge in [-0.1, -0.05) is 50.6 Å². The number of hydrogen-bond acceptors (Lipinski definition) is 4. The second-order valence-electron chi connectivity index (χ2n) is 9.55. The van der Waals surface area contributed by atoms with Gasteiger partial charge in [-0.3, -0.25) is 14.5 Å². The van der Waals surface area contributed by atoms with E-state index >= 15 is 0 Å². The fraction of sp³-hybridized carbons (Fsp3) is 0.462. The summed E-state index contributed by atoms with van der Waals surface area (Å²) in [4.78, 5) is 28.5. The summed E-state index contributed by atoms with van der Waals surface area (Å²) in [6, 6.07) is 14.0. The van der Waals surface area contributed by atoms with Crippen LogP contribution in [0.4, 0.5) is 5.69 Å². The lowest BCUT2D eigenvalue weighted by Gasteiger charge is -2.46. The Morgan fingerprint density at radius 3 is 2.26 bits per heavy atom. The molecule has 2 aromatic rings. The first-order chi connectivity index (χ1) is 16.0. The Balaban J connectivity index is 1.99. The number of hydrogen-bond donors (Lipinski definition) is 1. The normalized spacial score (nSPS) is 19.5. The smallest absolute Gasteiger partial charge is 0.247 e. The summed E-state index contributed by atoms with van der Waals surface area (Å²) in [5, 5.41) is 2.93. The number of benzene rings is 2. The minimum absolute atomic E-state index is 0.106. The second kappa shape index (κ2) is 10.3. The molecule has 2 aromatic carbocycles. The molecule has 1 aliphatic rings. The number of carbonyl (C=O) groups excluding carboxylic acids is 2. The summed E-state index contributed by atoms with van der Waals surface area (Å²) >= 11 is 0. The van der Waals surface area contributed by atoms with E-state index < -0.39 is 21.5 Å². The molecule has 1 atom stereocenters. The van der Waals surface area contributed by atoms with Crippen LogP contribution in [0.25, 0.3) is 0 Å². The van der Waals surface area contributed by atoms with Crippen molar-refractivity contribution in [3.05, 3.63) is 59.7 Å². The van der Waals surface area contributed by atoms with E-state index in [0.29, 0.717) is 18.2 Å². The van der Waals surface area contributed by atoms with E-state index in [-0.39, 0.29) is 23.9 Å². The van der Waals surface area contributed by atoms with Crippen LogP contribution in [0.5, 0.6) is 0 Å². The highest BCUT2D eigenvalue weighted by Crippen LogP contribution is 2.32. The van der Waals surface area contributed by atoms with E-state index in [2.05, 4.69) is 19.2 Å². The van der Waals surface area contributed by atoms with Gasteiger partial charge in [-0.2, -0.15) is 4.31 Å². The molecular weight excluding hydrogens is 450 g/mol. The van der Waals surface area contributed by atoms with Crippen LogP contribution in [-0.2, 0) is 26.0 Å². The minimum Gasteiger partial charge on any atom is -0.354 e. The van der Waals surface area contributed by atoms with E-state index in [1.54, 1.807) is 19.1 Å². The van der Waals surface area contributed by atoms with E-state index in [9.17, 15) is 18.0 Å². The molecule has 2 amide bonds. The lowest BCUT2D eigenvalue weighted by Crippen LogP contribution is -2.70. The van der Waals surface area contributed by atoms with Crippen LogP contribution in [0.2, 0.25) is 0 Å². The van der Waals surface area contributed by atoms with Crippen molar-refractivity contribution in [1.29, 1.82) is 0 Å². The fourth-order valence-electron chi connectivity index (χ4n) is 4.14. The highest BCUT2D eigenvalue weighted by Gasteiger charge is 2.51. The van der Waals surface area contributed by atoms with Gasteiger partial charge in [0.15, 0.2) is 0 Å². The van der Waals surface area contributed by atoms with Crippen LogP contribution in [0.1, 0.15) is 45.2 Å². The molecular formula is C26H35N3O4S. The third-order valence-corrected chi connectivity index (χ3v) is 8.10. The molecule has 0 bridgehead atoms. The van der Waals surface area contributed by atoms with Crippen LogP contribution in [0.15, 0.2) is 53.4 Å². The molecule has 1 saturated heterocycles. The summed E-state index contributed by atoms with van der Waals surface area (Å²) in [5.74, 6) is -0.408. The van der Waals surface area contributed by atoms with Gasteiger partial charge >= 0.3 is 0 Å². The molecule has 1 fully saturated rings. The topological polar surface area (TPSA) is 86.8 Å². The van der Waals surface area contributed by atoms with Crippen molar-refractivity contribution in [1.82, 2.24) is 9.62 Å². The molecule has 0 saturated carbocycles. The van der Waals surface area contributed by atoms with Gasteiger partial charge in [0.1, 0.15) is 5.54 Å². The van der Waals surface area contributed by atoms with Crippen molar-refractivity contribution < 1.29 is 18.0 Å². The molecule has 0 unspecified atom stereocenters. The quantitative estimate of drug-likeness (QED) is 0.620. The number of rotatable bonds is 8. The monoisotopic (exact) mass is 485 g/mol. The summed E-state index contributed by atoms with van der Waals surface area (Å²) in [6.45, 7) is 9.67. The largest absolute Gasteiger partial charge is 0.354 e. The standard InChI is InChI=1S/C26H35N3O4S/c1-6-21-9-11-22(12-10-21)29-24(30)17-28(34(32,33)23-13-7-20(4)8-14-23)18-26(29,5)25(31)27-16-15-19(2)3/h7-14,19H,6,15-18H2,1-5H3,(H,27,31)/t26-/m1/s1. The van der Waals surface area contributed by atoms with Gasteiger partial charge in [0.2, 0.25) is 21.8 Å². The maximum Gasteiger partial charge on any atom is 0.247 e. The zero-order valence-corrected chi connectivity index (χ0v) is 21.5. The molecule has 1 heterocycles. The molecule has 0 aliphatic carbocycles. The number of carbonyl (C=O) groups is 2. The zero-order chi connectivity index (χ0) is 25.1. The van der Waals surface area contributed by atoms with Crippen molar-refractivity contribution in [2.45, 2.75) is 57.9 Å². The van der Waals surface area contributed by atoms with Crippen molar-refractivity contribution in [3.8, 4) is 0 Å². The lowest BCUT2D eigenvalue weighted by molar-refractivity contribution is -0.132. The Morgan fingerprint density at radius 1 is 1.09 bits per heavy atom. The fourth-order valence-corrected chi connectivity index (χ4v) is 5.62. The van der Waals surface area contributed by atoms with Crippen molar-refractivity contribution in [2.75, 3.05) is 24.5 Å². The number of anilines is 1. The number of nitrogens with one attached hydrogen (secondary N) is 1. The maximum atomic E-state index is 13.5. The highest BCUT2D eigenvalue weighted by atomic mass is 32.2. The average molecular weight is 486 g/mol. The first-order valence-electron chi connectivity index (χ1n) is 11.8. The van der Waals surface area contributed by atoms with Crippen molar-refractivity contribution in [3.63, 3.8) is 0 Å². The molecule has 0 aromatic heterocycles. The van der Waals surface area contributed by atoms with E-state index in [1.807, 2.05) is 38.1 Å². The molecule has 7 nitrogen and oxygen atoms in total. The molecule has 184 valence electrons. The summed E-state index contributed by atoms with van der Waals surface area (Å²) in [6.07, 6.45) is 1.64. The van der Waals surface area contributed by atoms with Gasteiger partial charge in [-0.05, 0) is 62.4 Å². The molecule has 1 N–H and O–H groups in total. The Hall–Kier alpha value is -2.71. The van der Waals surface area contributed by atoms with E-state index in [4.69, 9.17) is 0 Å². The van der Waals surface area contributed by atoms with Crippen molar-refractivity contribution >= 4 is 27.5 Å². The van der Waals surface area contributed by atoms with Gasteiger partial charge in [0.25, 0.3) is 0 Å². The number of aryl methyl sites for hydroxylation is 2. The van der Waals surface area contributed by atoms with E-state index in [0.717, 1.165) is 28.3 Å². The van der Waals surface area contributed by atoms with Crippen LogP contribution >= 0.6 is 0 Å². The van der Waals surface area contributed by atoms with Crippen LogP contribution < -0.4 is 10.2 Å². The van der Waals surface area contributed by atoms with Crippen LogP contribution in [0, 0.1) is 12.8 Å². The molecule has 1 aliphatic heterocycles. The zero-order valence-electron chi connectivity index (χ0n) is 20.7. The Bertz CT molecular complexity index is 1130. The first-order valence-corrected chi connectivity index (χ1v) is 13.2. The predicted octanol–water partition coefficient (Wildman–Crippen LogP) is 3.52. The molecule has 0 spiro atoms. The Kier molecular flexibility index (Phi) is 7.83. The average Bonchev–Trinajstić information content (AvgIpc) is 2.79. The maximum absolute atomic E-state index is 13.5. The lowest BCUT2D eigenvalue weighted by atomic mass is 9.94. The predicted molar refractivity (Wildman–Crippen MR) is 134 cm³/mol. The Labute approximate surface area is 203 Å². The third-order valence-electron chi connectivity index (χ3n) is 6.30. The number of amides is 2. The second-order valence-corrected chi connectivity index (χ2v) is 11.5. The highest BCUT2D eigenvalue weighted by molar-refractivity contribution is 7.89. The van der Waals surface area contributed by atoms with Crippen LogP contribution in [0.3, 0.4) is 0 Å². The molecule has 8 heteroatoms. The van der Waals surface area contributed by atoms with Gasteiger partial charge in [0, 0.05) is 18.8 Å². The van der Waals surface area contributed by atoms with Gasteiger partial charge < -0.3 is 5.32 Å². The van der Waals surface area contributed by atoms with Gasteiger partial charge in [0.05, 0.1) is 11.4 Å². The molecule has 0 radical (unpaired) electrons. The summed E-state index contributed by atoms with van der Waals surface area (Å²) in [7, 11) is -3.96. The number of nitrogens with zero attached hydrogens (tertiary/aromatic N) is 2. The number of piperazine rings is 1. The summed E-state index contributed by atoms with van der Waals surface area (Å²) in [5.41, 5.74) is 1.22. The Morgan fingerprint density at radius 2 is 1.71 bits per heavy atom. The van der Waals surface area contributed by atoms with Gasteiger partial charge in [-0.25, -0.2) is 8.42 Å². The molecule has 3 rings (SSSR count). The molecule has 34 heavy (non-hydrogen) atoms.